The van der Waals surface area contributed by atoms with Crippen LogP contribution in [0, 0.1) is 11.6 Å². The molecule has 1 heterocycles. The zero-order valence-corrected chi connectivity index (χ0v) is 15.3. The minimum absolute atomic E-state index is 0.0734. The molecule has 0 bridgehead atoms. The van der Waals surface area contributed by atoms with Crippen molar-refractivity contribution in [3.05, 3.63) is 66.4 Å². The van der Waals surface area contributed by atoms with Gasteiger partial charge in [0.15, 0.2) is 11.6 Å². The second-order valence-electron chi connectivity index (χ2n) is 5.35. The van der Waals surface area contributed by atoms with E-state index >= 15 is 0 Å². The summed E-state index contributed by atoms with van der Waals surface area (Å²) in [6.45, 7) is 0. The van der Waals surface area contributed by atoms with Crippen molar-refractivity contribution in [3.8, 4) is 0 Å². The largest absolute Gasteiger partial charge is 0.277 e. The molecule has 0 unspecified atom stereocenters. The highest BCUT2D eigenvalue weighted by Crippen LogP contribution is 2.25. The van der Waals surface area contributed by atoms with Crippen molar-refractivity contribution in [1.82, 2.24) is 15.2 Å². The third-order valence-corrected chi connectivity index (χ3v) is 5.77. The van der Waals surface area contributed by atoms with E-state index in [2.05, 4.69) is 4.98 Å². The second-order valence-corrected chi connectivity index (χ2v) is 8.05. The Morgan fingerprint density at radius 3 is 2.63 bits per heavy atom. The summed E-state index contributed by atoms with van der Waals surface area (Å²) >= 11 is 1.19. The molecule has 1 aromatic heterocycles. The number of aromatic nitrogens is 1. The summed E-state index contributed by atoms with van der Waals surface area (Å²) in [5.74, 6) is -3.16. The first-order chi connectivity index (χ1) is 12.9. The molecule has 0 aliphatic rings. The molecule has 0 fully saturated rings. The van der Waals surface area contributed by atoms with Crippen molar-refractivity contribution in [2.24, 2.45) is 0 Å². The molecule has 0 aliphatic carbocycles. The fourth-order valence-corrected chi connectivity index (χ4v) is 3.91. The number of carbonyl (C=O) groups is 1. The summed E-state index contributed by atoms with van der Waals surface area (Å²) in [6.07, 6.45) is 1.64. The van der Waals surface area contributed by atoms with E-state index in [0.29, 0.717) is 12.1 Å². The summed E-state index contributed by atoms with van der Waals surface area (Å²) in [5, 5.41) is 0.918. The Bertz CT molecular complexity index is 1100. The molecule has 0 radical (unpaired) electrons. The summed E-state index contributed by atoms with van der Waals surface area (Å²) < 4.78 is 50.1. The van der Waals surface area contributed by atoms with E-state index in [4.69, 9.17) is 0 Å². The van der Waals surface area contributed by atoms with Crippen LogP contribution in [0.2, 0.25) is 0 Å². The number of nitrogens with zero attached hydrogens (tertiary/aromatic N) is 1. The third kappa shape index (κ3) is 4.59. The molecule has 0 saturated carbocycles. The lowest BCUT2D eigenvalue weighted by Crippen LogP contribution is -2.42. The van der Waals surface area contributed by atoms with E-state index in [9.17, 15) is 22.0 Å². The van der Waals surface area contributed by atoms with Gasteiger partial charge in [-0.1, -0.05) is 18.2 Å². The third-order valence-electron chi connectivity index (χ3n) is 3.48. The Labute approximate surface area is 158 Å². The molecule has 1 amide bonds. The van der Waals surface area contributed by atoms with Gasteiger partial charge in [0.25, 0.3) is 10.0 Å². The van der Waals surface area contributed by atoms with Gasteiger partial charge >= 0.3 is 0 Å². The molecular formula is C17H13F2N3O3S2. The number of nitrogens with one attached hydrogen (secondary N) is 2. The molecule has 140 valence electrons. The molecule has 2 N–H and O–H groups in total. The Kier molecular flexibility index (Phi) is 5.68. The van der Waals surface area contributed by atoms with Crippen LogP contribution in [0.1, 0.15) is 0 Å². The lowest BCUT2D eigenvalue weighted by Gasteiger charge is -2.09. The van der Waals surface area contributed by atoms with Crippen molar-refractivity contribution in [3.63, 3.8) is 0 Å². The first-order valence-electron chi connectivity index (χ1n) is 7.59. The summed E-state index contributed by atoms with van der Waals surface area (Å²) in [7, 11) is -4.22. The molecule has 6 nitrogen and oxygen atoms in total. The number of sulfonamides is 1. The lowest BCUT2D eigenvalue weighted by atomic mass is 10.2. The van der Waals surface area contributed by atoms with E-state index in [1.54, 1.807) is 18.3 Å². The van der Waals surface area contributed by atoms with Crippen LogP contribution in [0.4, 0.5) is 8.78 Å². The highest BCUT2D eigenvalue weighted by Gasteiger charge is 2.17. The first kappa shape index (κ1) is 19.2. The van der Waals surface area contributed by atoms with Crippen molar-refractivity contribution < 1.29 is 22.0 Å². The summed E-state index contributed by atoms with van der Waals surface area (Å²) in [4.78, 5) is 18.3. The van der Waals surface area contributed by atoms with Crippen LogP contribution >= 0.6 is 11.8 Å². The standard InChI is InChI=1S/C17H13F2N3O3S2/c18-13-7-6-12(9-14(13)19)27(24,25)22-21-16(23)10-26-15-5-1-3-11-4-2-8-20-17(11)15/h1-9,22H,10H2,(H,21,23). The number of rotatable bonds is 6. The molecule has 10 heteroatoms. The number of hydrogen-bond acceptors (Lipinski definition) is 5. The number of pyridine rings is 1. The Morgan fingerprint density at radius 2 is 1.85 bits per heavy atom. The topological polar surface area (TPSA) is 88.2 Å². The smallest absolute Gasteiger partial charge is 0.257 e. The van der Waals surface area contributed by atoms with Crippen LogP contribution in [0.3, 0.4) is 0 Å². The van der Waals surface area contributed by atoms with Gasteiger partial charge in [-0.15, -0.1) is 16.6 Å². The average Bonchev–Trinajstić information content (AvgIpc) is 2.66. The Hall–Kier alpha value is -2.56. The molecule has 0 atom stereocenters. The van der Waals surface area contributed by atoms with Crippen LogP contribution in [-0.2, 0) is 14.8 Å². The predicted molar refractivity (Wildman–Crippen MR) is 97.3 cm³/mol. The number of hydrazine groups is 1. The van der Waals surface area contributed by atoms with Crippen LogP contribution in [0.5, 0.6) is 0 Å². The van der Waals surface area contributed by atoms with Crippen LogP contribution in [0.25, 0.3) is 10.9 Å². The molecule has 3 aromatic rings. The highest BCUT2D eigenvalue weighted by molar-refractivity contribution is 8.00. The second kappa shape index (κ2) is 7.99. The maximum absolute atomic E-state index is 13.2. The molecule has 3 rings (SSSR count). The number of amides is 1. The summed E-state index contributed by atoms with van der Waals surface area (Å²) in [6, 6.07) is 11.3. The van der Waals surface area contributed by atoms with E-state index in [-0.39, 0.29) is 5.75 Å². The fraction of sp³-hybridized carbons (Fsp3) is 0.0588. The molecular weight excluding hydrogens is 396 g/mol. The van der Waals surface area contributed by atoms with Gasteiger partial charge in [-0.2, -0.15) is 0 Å². The highest BCUT2D eigenvalue weighted by atomic mass is 32.2. The molecule has 0 saturated heterocycles. The minimum Gasteiger partial charge on any atom is -0.277 e. The van der Waals surface area contributed by atoms with Gasteiger partial charge in [0.05, 0.1) is 16.2 Å². The quantitative estimate of drug-likeness (QED) is 0.483. The zero-order chi connectivity index (χ0) is 19.4. The van der Waals surface area contributed by atoms with Gasteiger partial charge in [-0.25, -0.2) is 17.2 Å². The van der Waals surface area contributed by atoms with E-state index in [1.807, 2.05) is 28.5 Å². The first-order valence-corrected chi connectivity index (χ1v) is 10.1. The van der Waals surface area contributed by atoms with Gasteiger partial charge in [0, 0.05) is 16.5 Å². The van der Waals surface area contributed by atoms with Crippen molar-refractivity contribution in [2.45, 2.75) is 9.79 Å². The van der Waals surface area contributed by atoms with E-state index < -0.39 is 32.5 Å². The lowest BCUT2D eigenvalue weighted by molar-refractivity contribution is -0.119. The maximum atomic E-state index is 13.2. The number of halogens is 2. The van der Waals surface area contributed by atoms with Crippen LogP contribution in [-0.4, -0.2) is 25.1 Å². The molecule has 27 heavy (non-hydrogen) atoms. The van der Waals surface area contributed by atoms with Crippen molar-refractivity contribution in [2.75, 3.05) is 5.75 Å². The van der Waals surface area contributed by atoms with E-state index in [0.717, 1.165) is 21.9 Å². The Morgan fingerprint density at radius 1 is 1.07 bits per heavy atom. The number of benzene rings is 2. The molecule has 2 aromatic carbocycles. The average molecular weight is 409 g/mol. The van der Waals surface area contributed by atoms with Gasteiger partial charge in [-0.05, 0) is 30.3 Å². The molecule has 0 aliphatic heterocycles. The molecule has 0 spiro atoms. The fourth-order valence-electron chi connectivity index (χ4n) is 2.20. The number of fused-ring (bicyclic) bond motifs is 1. The van der Waals surface area contributed by atoms with Gasteiger partial charge in [-0.3, -0.25) is 15.2 Å². The van der Waals surface area contributed by atoms with Gasteiger partial charge in [0.1, 0.15) is 0 Å². The summed E-state index contributed by atoms with van der Waals surface area (Å²) in [5.41, 5.74) is 2.78. The number of carbonyl (C=O) groups excluding carboxylic acids is 1. The zero-order valence-electron chi connectivity index (χ0n) is 13.6. The number of thioether (sulfide) groups is 1. The maximum Gasteiger partial charge on any atom is 0.257 e. The van der Waals surface area contributed by atoms with Crippen LogP contribution < -0.4 is 10.3 Å². The Balaban J connectivity index is 1.61. The van der Waals surface area contributed by atoms with Crippen LogP contribution in [0.15, 0.2) is 64.5 Å². The van der Waals surface area contributed by atoms with E-state index in [1.165, 1.54) is 11.8 Å². The normalized spacial score (nSPS) is 11.5. The minimum atomic E-state index is -4.22. The SMILES string of the molecule is O=C(CSc1cccc2cccnc12)NNS(=O)(=O)c1ccc(F)c(F)c1. The van der Waals surface area contributed by atoms with Gasteiger partial charge < -0.3 is 0 Å². The van der Waals surface area contributed by atoms with Crippen molar-refractivity contribution in [1.29, 1.82) is 0 Å². The monoisotopic (exact) mass is 409 g/mol. The number of hydrogen-bond donors (Lipinski definition) is 2. The predicted octanol–water partition coefficient (Wildman–Crippen LogP) is 2.61. The van der Waals surface area contributed by atoms with Gasteiger partial charge in [0.2, 0.25) is 5.91 Å². The van der Waals surface area contributed by atoms with Crippen molar-refractivity contribution >= 4 is 38.6 Å². The number of para-hydroxylation sites is 1.